The third kappa shape index (κ3) is 1.76. The predicted molar refractivity (Wildman–Crippen MR) is 106 cm³/mol. The maximum atomic E-state index is 4.72. The van der Waals surface area contributed by atoms with Crippen molar-refractivity contribution in [3.8, 4) is 0 Å². The van der Waals surface area contributed by atoms with Gasteiger partial charge in [-0.3, -0.25) is 0 Å². The fourth-order valence-electron chi connectivity index (χ4n) is 10.1. The van der Waals surface area contributed by atoms with Crippen molar-refractivity contribution in [1.29, 1.82) is 0 Å². The largest absolute Gasteiger partial charge is 0.0996 e. The first-order chi connectivity index (χ1) is 11.7. The van der Waals surface area contributed by atoms with Crippen molar-refractivity contribution in [3.63, 3.8) is 0 Å². The number of fused-ring (bicyclic) bond motifs is 1. The van der Waals surface area contributed by atoms with E-state index in [1.54, 1.807) is 12.0 Å². The number of allylic oxidation sites excluding steroid dienone is 1. The molecule has 0 aromatic heterocycles. The van der Waals surface area contributed by atoms with Crippen LogP contribution in [0.5, 0.6) is 0 Å². The summed E-state index contributed by atoms with van der Waals surface area (Å²) in [5.74, 6) is 6.63. The molecule has 9 atom stereocenters. The molecule has 5 rings (SSSR count). The molecular formula is C25H40. The summed E-state index contributed by atoms with van der Waals surface area (Å²) in [4.78, 5) is 0. The molecule has 0 saturated heterocycles. The molecule has 140 valence electrons. The number of hydrogen-bond donors (Lipinski definition) is 0. The second-order valence-corrected chi connectivity index (χ2v) is 11.9. The van der Waals surface area contributed by atoms with Crippen LogP contribution in [0.15, 0.2) is 12.2 Å². The zero-order valence-corrected chi connectivity index (χ0v) is 17.4. The van der Waals surface area contributed by atoms with Crippen LogP contribution in [-0.2, 0) is 0 Å². The third-order valence-corrected chi connectivity index (χ3v) is 11.3. The Balaban J connectivity index is 1.65. The van der Waals surface area contributed by atoms with Crippen LogP contribution in [0, 0.1) is 57.7 Å². The lowest BCUT2D eigenvalue weighted by atomic mass is 9.42. The summed E-state index contributed by atoms with van der Waals surface area (Å²) in [6.07, 6.45) is 11.8. The van der Waals surface area contributed by atoms with Crippen molar-refractivity contribution < 1.29 is 0 Å². The molecule has 0 amide bonds. The second-order valence-electron chi connectivity index (χ2n) is 11.9. The molecule has 0 radical (unpaired) electrons. The SMILES string of the molecule is C=C1CC[C@@H]2[C@H]3CC[C@]2(C)[C@]2(C[C@H]4[C@H](C(C)C)CC[C@]4(C)C[C@H]12)[C@H]3C. The summed E-state index contributed by atoms with van der Waals surface area (Å²) in [5, 5.41) is 0. The first kappa shape index (κ1) is 16.9. The third-order valence-electron chi connectivity index (χ3n) is 11.3. The summed E-state index contributed by atoms with van der Waals surface area (Å²) >= 11 is 0. The molecule has 25 heavy (non-hydrogen) atoms. The van der Waals surface area contributed by atoms with E-state index >= 15 is 0 Å². The van der Waals surface area contributed by atoms with Crippen LogP contribution < -0.4 is 0 Å². The normalized spacial score (nSPS) is 59.8. The van der Waals surface area contributed by atoms with Gasteiger partial charge in [0.1, 0.15) is 0 Å². The van der Waals surface area contributed by atoms with E-state index < -0.39 is 0 Å². The van der Waals surface area contributed by atoms with Crippen LogP contribution in [0.3, 0.4) is 0 Å². The van der Waals surface area contributed by atoms with Gasteiger partial charge in [0, 0.05) is 0 Å². The predicted octanol–water partition coefficient (Wildman–Crippen LogP) is 7.10. The van der Waals surface area contributed by atoms with E-state index in [4.69, 9.17) is 6.58 Å². The Labute approximate surface area is 156 Å². The quantitative estimate of drug-likeness (QED) is 0.446. The van der Waals surface area contributed by atoms with Gasteiger partial charge in [-0.25, -0.2) is 0 Å². The molecule has 5 aliphatic carbocycles. The highest BCUT2D eigenvalue weighted by Gasteiger charge is 2.74. The summed E-state index contributed by atoms with van der Waals surface area (Å²) in [6, 6.07) is 0. The van der Waals surface area contributed by atoms with E-state index in [0.29, 0.717) is 16.2 Å². The van der Waals surface area contributed by atoms with E-state index in [9.17, 15) is 0 Å². The summed E-state index contributed by atoms with van der Waals surface area (Å²) in [6.45, 7) is 17.8. The lowest BCUT2D eigenvalue weighted by Gasteiger charge is -2.62. The molecule has 0 nitrogen and oxygen atoms in total. The molecule has 5 aliphatic rings. The topological polar surface area (TPSA) is 0 Å². The minimum absolute atomic E-state index is 0.593. The molecule has 0 aliphatic heterocycles. The molecule has 5 saturated carbocycles. The van der Waals surface area contributed by atoms with Crippen molar-refractivity contribution in [3.05, 3.63) is 12.2 Å². The van der Waals surface area contributed by atoms with Crippen LogP contribution in [0.25, 0.3) is 0 Å². The molecule has 0 aromatic rings. The van der Waals surface area contributed by atoms with Crippen LogP contribution in [0.4, 0.5) is 0 Å². The summed E-state index contributed by atoms with van der Waals surface area (Å²) in [5.41, 5.74) is 3.47. The highest BCUT2D eigenvalue weighted by Crippen LogP contribution is 2.81. The molecule has 0 unspecified atom stereocenters. The molecule has 5 fully saturated rings. The van der Waals surface area contributed by atoms with E-state index in [1.807, 2.05) is 0 Å². The lowest BCUT2D eigenvalue weighted by Crippen LogP contribution is -2.55. The van der Waals surface area contributed by atoms with Gasteiger partial charge in [-0.05, 0) is 109 Å². The van der Waals surface area contributed by atoms with Gasteiger partial charge in [-0.15, -0.1) is 0 Å². The highest BCUT2D eigenvalue weighted by molar-refractivity contribution is 5.28. The molecule has 0 heterocycles. The fraction of sp³-hybridized carbons (Fsp3) is 0.920. The van der Waals surface area contributed by atoms with Crippen LogP contribution in [-0.4, -0.2) is 0 Å². The Morgan fingerprint density at radius 1 is 1.00 bits per heavy atom. The second kappa shape index (κ2) is 4.96. The number of rotatable bonds is 1. The monoisotopic (exact) mass is 340 g/mol. The minimum atomic E-state index is 0.593. The standard InChI is InChI=1S/C25H40/c1-15(2)18-9-11-23(5)13-21-16(3)7-8-20-19-10-12-24(20,6)25(21,17(19)4)14-22(18)23/h15,17-22H,3,7-14H2,1-2,4-6H3/t17-,18-,19-,20+,21+,22-,23+,24-,25+/m0/s1. The highest BCUT2D eigenvalue weighted by atomic mass is 14.8. The number of hydrogen-bond acceptors (Lipinski definition) is 0. The summed E-state index contributed by atoms with van der Waals surface area (Å²) < 4.78 is 0. The van der Waals surface area contributed by atoms with Crippen LogP contribution in [0.1, 0.15) is 86.0 Å². The van der Waals surface area contributed by atoms with Gasteiger partial charge in [-0.2, -0.15) is 0 Å². The van der Waals surface area contributed by atoms with Gasteiger partial charge in [0.2, 0.25) is 0 Å². The van der Waals surface area contributed by atoms with Gasteiger partial charge in [0.05, 0.1) is 0 Å². The Bertz CT molecular complexity index is 601. The Hall–Kier alpha value is -0.260. The van der Waals surface area contributed by atoms with Gasteiger partial charge in [-0.1, -0.05) is 46.8 Å². The smallest absolute Gasteiger partial charge is 0.0136 e. The average molecular weight is 341 g/mol. The van der Waals surface area contributed by atoms with E-state index in [0.717, 1.165) is 41.4 Å². The maximum Gasteiger partial charge on any atom is -0.0136 e. The fourth-order valence-corrected chi connectivity index (χ4v) is 10.1. The van der Waals surface area contributed by atoms with Gasteiger partial charge < -0.3 is 0 Å². The molecule has 1 spiro atoms. The maximum absolute atomic E-state index is 4.72. The Kier molecular flexibility index (Phi) is 3.35. The van der Waals surface area contributed by atoms with Gasteiger partial charge in [0.25, 0.3) is 0 Å². The van der Waals surface area contributed by atoms with Crippen LogP contribution >= 0.6 is 0 Å². The van der Waals surface area contributed by atoms with Crippen LogP contribution in [0.2, 0.25) is 0 Å². The first-order valence-corrected chi connectivity index (χ1v) is 11.4. The van der Waals surface area contributed by atoms with Crippen molar-refractivity contribution in [2.75, 3.05) is 0 Å². The lowest BCUT2D eigenvalue weighted by molar-refractivity contribution is -0.119. The van der Waals surface area contributed by atoms with E-state index in [2.05, 4.69) is 34.6 Å². The van der Waals surface area contributed by atoms with E-state index in [1.165, 1.54) is 44.9 Å². The molecule has 4 bridgehead atoms. The average Bonchev–Trinajstić information content (AvgIpc) is 3.09. The molecule has 0 aromatic carbocycles. The Morgan fingerprint density at radius 3 is 2.48 bits per heavy atom. The van der Waals surface area contributed by atoms with E-state index in [-0.39, 0.29) is 0 Å². The van der Waals surface area contributed by atoms with Crippen molar-refractivity contribution in [1.82, 2.24) is 0 Å². The Morgan fingerprint density at radius 2 is 1.76 bits per heavy atom. The van der Waals surface area contributed by atoms with Crippen molar-refractivity contribution >= 4 is 0 Å². The minimum Gasteiger partial charge on any atom is -0.0996 e. The zero-order chi connectivity index (χ0) is 17.8. The van der Waals surface area contributed by atoms with Crippen molar-refractivity contribution in [2.45, 2.75) is 86.0 Å². The molecule has 0 heteroatoms. The molecule has 0 N–H and O–H groups in total. The van der Waals surface area contributed by atoms with Crippen molar-refractivity contribution in [2.24, 2.45) is 57.7 Å². The van der Waals surface area contributed by atoms with Gasteiger partial charge >= 0.3 is 0 Å². The summed E-state index contributed by atoms with van der Waals surface area (Å²) in [7, 11) is 0. The first-order valence-electron chi connectivity index (χ1n) is 11.4. The molecular weight excluding hydrogens is 300 g/mol. The zero-order valence-electron chi connectivity index (χ0n) is 17.4. The van der Waals surface area contributed by atoms with Gasteiger partial charge in [0.15, 0.2) is 0 Å².